The van der Waals surface area contributed by atoms with Crippen molar-refractivity contribution in [2.45, 2.75) is 11.7 Å². The molecule has 0 aliphatic rings. The molecule has 2 aromatic heterocycles. The van der Waals surface area contributed by atoms with Crippen molar-refractivity contribution in [3.8, 4) is 5.88 Å². The minimum Gasteiger partial charge on any atom is -0.467 e. The zero-order chi connectivity index (χ0) is 28.0. The van der Waals surface area contributed by atoms with Gasteiger partial charge in [-0.25, -0.2) is 4.98 Å². The van der Waals surface area contributed by atoms with Gasteiger partial charge in [0, 0.05) is 24.2 Å². The molecule has 2 heterocycles. The first-order valence-electron chi connectivity index (χ1n) is 12.5. The van der Waals surface area contributed by atoms with E-state index in [1.54, 1.807) is 18.2 Å². The van der Waals surface area contributed by atoms with Gasteiger partial charge in [0.15, 0.2) is 6.61 Å². The first-order valence-corrected chi connectivity index (χ1v) is 12.5. The molecule has 3 aromatic carbocycles. The van der Waals surface area contributed by atoms with E-state index in [0.29, 0.717) is 11.3 Å². The summed E-state index contributed by atoms with van der Waals surface area (Å²) >= 11 is 0. The molecule has 0 amide bonds. The van der Waals surface area contributed by atoms with Crippen LogP contribution >= 0.6 is 0 Å². The molecular weight excluding hydrogens is 513 g/mol. The number of hydrogen-bond acceptors (Lipinski definition) is 5. The Bertz CT molecular complexity index is 1470. The largest absolute Gasteiger partial charge is 0.467 e. The molecule has 0 atom stereocenters. The molecule has 0 spiro atoms. The summed E-state index contributed by atoms with van der Waals surface area (Å²) in [5.41, 5.74) is 2.57. The first kappa shape index (κ1) is 26.6. The maximum absolute atomic E-state index is 13.2. The normalized spacial score (nSPS) is 11.6. The number of nitrogens with one attached hydrogen (secondary N) is 2. The van der Waals surface area contributed by atoms with Crippen LogP contribution in [-0.4, -0.2) is 28.5 Å². The average molecular weight is 539 g/mol. The highest BCUT2D eigenvalue weighted by Gasteiger charge is 2.38. The van der Waals surface area contributed by atoms with Crippen LogP contribution in [-0.2, 0) is 5.54 Å². The highest BCUT2D eigenvalue weighted by molar-refractivity contribution is 6.15. The number of anilines is 1. The number of rotatable bonds is 9. The third kappa shape index (κ3) is 5.56. The van der Waals surface area contributed by atoms with Gasteiger partial charge in [0.25, 0.3) is 0 Å². The number of hydrogen-bond donors (Lipinski definition) is 2. The number of ether oxygens (including phenoxy) is 1. The van der Waals surface area contributed by atoms with Crippen molar-refractivity contribution in [3.63, 3.8) is 0 Å². The van der Waals surface area contributed by atoms with Crippen molar-refractivity contribution in [2.24, 2.45) is 0 Å². The summed E-state index contributed by atoms with van der Waals surface area (Å²) in [6.07, 6.45) is -0.163. The van der Waals surface area contributed by atoms with E-state index >= 15 is 0 Å². The Kier molecular flexibility index (Phi) is 7.59. The topological polar surface area (TPSA) is 70.9 Å². The van der Waals surface area contributed by atoms with Crippen molar-refractivity contribution in [1.29, 1.82) is 5.41 Å². The second-order valence-corrected chi connectivity index (χ2v) is 9.03. The number of benzene rings is 3. The van der Waals surface area contributed by atoms with Crippen molar-refractivity contribution < 1.29 is 17.9 Å². The van der Waals surface area contributed by atoms with Gasteiger partial charge in [0.1, 0.15) is 5.54 Å². The Morgan fingerprint density at radius 3 is 1.68 bits per heavy atom. The van der Waals surface area contributed by atoms with Gasteiger partial charge in [-0.05, 0) is 34.9 Å². The summed E-state index contributed by atoms with van der Waals surface area (Å²) in [6.45, 7) is -1.54. The molecule has 5 aromatic rings. The fourth-order valence-electron chi connectivity index (χ4n) is 4.69. The molecule has 5 nitrogen and oxygen atoms in total. The maximum Gasteiger partial charge on any atom is 0.422 e. The molecule has 2 N–H and O–H groups in total. The fraction of sp³-hybridized carbons (Fsp3) is 0.0938. The third-order valence-corrected chi connectivity index (χ3v) is 6.45. The van der Waals surface area contributed by atoms with Crippen molar-refractivity contribution >= 4 is 11.4 Å². The minimum atomic E-state index is -4.58. The number of aromatic nitrogens is 2. The summed E-state index contributed by atoms with van der Waals surface area (Å²) in [4.78, 5) is 8.12. The van der Waals surface area contributed by atoms with Crippen LogP contribution in [0.25, 0.3) is 0 Å². The van der Waals surface area contributed by atoms with Crippen molar-refractivity contribution in [3.05, 3.63) is 156 Å². The lowest BCUT2D eigenvalue weighted by Crippen LogP contribution is -2.38. The highest BCUT2D eigenvalue weighted by Crippen LogP contribution is 2.42. The van der Waals surface area contributed by atoms with Gasteiger partial charge in [-0.3, -0.25) is 10.4 Å². The lowest BCUT2D eigenvalue weighted by molar-refractivity contribution is -0.154. The molecule has 0 saturated heterocycles. The lowest BCUT2D eigenvalue weighted by atomic mass is 9.76. The first-order chi connectivity index (χ1) is 19.4. The van der Waals surface area contributed by atoms with Crippen molar-refractivity contribution in [2.75, 3.05) is 11.9 Å². The Hall–Kier alpha value is -4.98. The van der Waals surface area contributed by atoms with Gasteiger partial charge in [0.05, 0.1) is 17.0 Å². The van der Waals surface area contributed by atoms with Crippen LogP contribution in [0.2, 0.25) is 0 Å². The van der Waals surface area contributed by atoms with Crippen LogP contribution in [0.5, 0.6) is 5.88 Å². The third-order valence-electron chi connectivity index (χ3n) is 6.45. The van der Waals surface area contributed by atoms with E-state index in [1.165, 1.54) is 18.6 Å². The summed E-state index contributed by atoms with van der Waals surface area (Å²) in [7, 11) is 0. The van der Waals surface area contributed by atoms with Crippen LogP contribution in [0.4, 0.5) is 18.9 Å². The molecule has 0 bridgehead atoms. The lowest BCUT2D eigenvalue weighted by Gasteiger charge is -2.38. The molecule has 0 radical (unpaired) electrons. The van der Waals surface area contributed by atoms with Gasteiger partial charge in [0.2, 0.25) is 5.88 Å². The Morgan fingerprint density at radius 1 is 0.700 bits per heavy atom. The SMILES string of the molecule is N=C(c1ccncc1)c1c(NC(c2ccccc2)(c2ccccc2)c2ccccc2)ccnc1OCC(F)(F)F. The molecular formula is C32H25F3N4O. The van der Waals surface area contributed by atoms with E-state index in [9.17, 15) is 13.2 Å². The van der Waals surface area contributed by atoms with E-state index in [-0.39, 0.29) is 17.2 Å². The number of nitrogens with zero attached hydrogens (tertiary/aromatic N) is 2. The summed E-state index contributed by atoms with van der Waals surface area (Å²) in [5, 5.41) is 12.7. The van der Waals surface area contributed by atoms with Crippen LogP contribution in [0.3, 0.4) is 0 Å². The fourth-order valence-corrected chi connectivity index (χ4v) is 4.69. The predicted molar refractivity (Wildman–Crippen MR) is 149 cm³/mol. The Morgan fingerprint density at radius 2 is 1.20 bits per heavy atom. The van der Waals surface area contributed by atoms with Crippen molar-refractivity contribution in [1.82, 2.24) is 9.97 Å². The van der Waals surface area contributed by atoms with Gasteiger partial charge in [-0.2, -0.15) is 13.2 Å². The quantitative estimate of drug-likeness (QED) is 0.153. The second-order valence-electron chi connectivity index (χ2n) is 9.03. The van der Waals surface area contributed by atoms with E-state index in [4.69, 9.17) is 10.1 Å². The predicted octanol–water partition coefficient (Wildman–Crippen LogP) is 7.24. The van der Waals surface area contributed by atoms with Gasteiger partial charge in [-0.15, -0.1) is 0 Å². The summed E-state index contributed by atoms with van der Waals surface area (Å²) < 4.78 is 44.8. The van der Waals surface area contributed by atoms with Crippen LogP contribution < -0.4 is 10.1 Å². The van der Waals surface area contributed by atoms with Gasteiger partial charge >= 0.3 is 6.18 Å². The van der Waals surface area contributed by atoms with Gasteiger partial charge < -0.3 is 10.1 Å². The number of pyridine rings is 2. The number of halogens is 3. The molecule has 0 aliphatic carbocycles. The van der Waals surface area contributed by atoms with E-state index in [2.05, 4.69) is 15.3 Å². The molecule has 5 rings (SSSR count). The Labute approximate surface area is 229 Å². The van der Waals surface area contributed by atoms with E-state index < -0.39 is 18.3 Å². The van der Waals surface area contributed by atoms with E-state index in [1.807, 2.05) is 91.0 Å². The highest BCUT2D eigenvalue weighted by atomic mass is 19.4. The molecule has 8 heteroatoms. The van der Waals surface area contributed by atoms with Crippen LogP contribution in [0.15, 0.2) is 128 Å². The second kappa shape index (κ2) is 11.4. The maximum atomic E-state index is 13.2. The summed E-state index contributed by atoms with van der Waals surface area (Å²) in [5.74, 6) is -0.299. The van der Waals surface area contributed by atoms with Crippen LogP contribution in [0.1, 0.15) is 27.8 Å². The zero-order valence-electron chi connectivity index (χ0n) is 21.3. The van der Waals surface area contributed by atoms with E-state index in [0.717, 1.165) is 16.7 Å². The Balaban J connectivity index is 1.76. The number of alkyl halides is 3. The average Bonchev–Trinajstić information content (AvgIpc) is 3.00. The smallest absolute Gasteiger partial charge is 0.422 e. The monoisotopic (exact) mass is 538 g/mol. The van der Waals surface area contributed by atoms with Gasteiger partial charge in [-0.1, -0.05) is 91.0 Å². The minimum absolute atomic E-state index is 0.0572. The molecule has 0 unspecified atom stereocenters. The van der Waals surface area contributed by atoms with Crippen LogP contribution in [0, 0.1) is 5.41 Å². The molecule has 200 valence electrons. The standard InChI is InChI=1S/C32H25F3N4O/c33-31(34,35)22-40-30-28(29(36)23-16-19-37-20-17-23)27(18-21-38-30)39-32(24-10-4-1-5-11-24,25-12-6-2-7-13-25)26-14-8-3-9-15-26/h1-21,36H,22H2,(H,38,39). The molecule has 40 heavy (non-hydrogen) atoms. The zero-order valence-corrected chi connectivity index (χ0v) is 21.3. The summed E-state index contributed by atoms with van der Waals surface area (Å²) in [6, 6.07) is 34.2. The molecule has 0 saturated carbocycles. The molecule has 0 aliphatic heterocycles. The molecule has 0 fully saturated rings.